The van der Waals surface area contributed by atoms with Crippen molar-refractivity contribution >= 4 is 60.6 Å². The Kier molecular flexibility index (Phi) is 5.40. The molecule has 1 aromatic carbocycles. The minimum Gasteiger partial charge on any atom is -0.316 e. The van der Waals surface area contributed by atoms with Crippen LogP contribution in [0.2, 0.25) is 5.02 Å². The third-order valence-corrected chi connectivity index (χ3v) is 8.35. The van der Waals surface area contributed by atoms with E-state index in [9.17, 15) is 13.2 Å². The minimum atomic E-state index is -3.57. The van der Waals surface area contributed by atoms with Gasteiger partial charge in [0.1, 0.15) is 0 Å². The summed E-state index contributed by atoms with van der Waals surface area (Å²) in [4.78, 5) is 16.6. The SMILES string of the molecule is CCS(=O)(=O)C1=NN2C(=N)/C(=C/c3cc(C)n(-c4ccccc4Cl)c3C)C(=O)N=C2S1. The number of thioether (sulfide) groups is 1. The summed E-state index contributed by atoms with van der Waals surface area (Å²) in [6, 6.07) is 9.33. The average Bonchev–Trinajstić information content (AvgIpc) is 3.27. The lowest BCUT2D eigenvalue weighted by Crippen LogP contribution is -2.35. The van der Waals surface area contributed by atoms with Crippen molar-refractivity contribution in [3.05, 3.63) is 57.9 Å². The summed E-state index contributed by atoms with van der Waals surface area (Å²) >= 11 is 7.14. The number of sulfone groups is 1. The van der Waals surface area contributed by atoms with E-state index in [4.69, 9.17) is 17.0 Å². The van der Waals surface area contributed by atoms with Gasteiger partial charge in [0.15, 0.2) is 5.84 Å². The molecular weight excluding hydrogens is 458 g/mol. The first-order chi connectivity index (χ1) is 14.6. The molecule has 0 fully saturated rings. The van der Waals surface area contributed by atoms with Crippen LogP contribution in [0.4, 0.5) is 0 Å². The Morgan fingerprint density at radius 1 is 1.26 bits per heavy atom. The molecule has 0 saturated heterocycles. The maximum Gasteiger partial charge on any atom is 0.283 e. The van der Waals surface area contributed by atoms with E-state index < -0.39 is 15.7 Å². The lowest BCUT2D eigenvalue weighted by Gasteiger charge is -2.20. The van der Waals surface area contributed by atoms with E-state index in [1.165, 1.54) is 6.92 Å². The van der Waals surface area contributed by atoms with Gasteiger partial charge in [-0.25, -0.2) is 8.42 Å². The summed E-state index contributed by atoms with van der Waals surface area (Å²) in [6.45, 7) is 5.32. The number of rotatable bonds is 3. The molecule has 11 heteroatoms. The zero-order valence-corrected chi connectivity index (χ0v) is 19.3. The number of para-hydroxylation sites is 1. The van der Waals surface area contributed by atoms with Crippen LogP contribution in [0, 0.1) is 19.3 Å². The number of aryl methyl sites for hydroxylation is 1. The number of hydrogen-bond donors (Lipinski definition) is 1. The van der Waals surface area contributed by atoms with E-state index in [0.29, 0.717) is 5.02 Å². The second kappa shape index (κ2) is 7.77. The van der Waals surface area contributed by atoms with Gasteiger partial charge in [-0.2, -0.15) is 10.0 Å². The summed E-state index contributed by atoms with van der Waals surface area (Å²) in [7, 11) is -3.57. The summed E-state index contributed by atoms with van der Waals surface area (Å²) in [5.41, 5.74) is 3.30. The molecule has 8 nitrogen and oxygen atoms in total. The number of carbonyl (C=O) groups excluding carboxylic acids is 1. The van der Waals surface area contributed by atoms with Gasteiger partial charge < -0.3 is 4.57 Å². The fourth-order valence-corrected chi connectivity index (χ4v) is 5.70. The molecule has 0 unspecified atom stereocenters. The number of aliphatic imine (C=N–C) groups is 1. The second-order valence-corrected chi connectivity index (χ2v) is 10.7. The van der Waals surface area contributed by atoms with Crippen LogP contribution in [0.3, 0.4) is 0 Å². The number of benzene rings is 1. The number of hydrogen-bond acceptors (Lipinski definition) is 6. The normalized spacial score (nSPS) is 17.8. The number of halogens is 1. The van der Waals surface area contributed by atoms with Gasteiger partial charge in [-0.05, 0) is 55.4 Å². The van der Waals surface area contributed by atoms with Crippen LogP contribution in [-0.4, -0.2) is 45.0 Å². The number of carbonyl (C=O) groups is 1. The zero-order chi connectivity index (χ0) is 22.5. The van der Waals surface area contributed by atoms with Crippen LogP contribution in [0.25, 0.3) is 11.8 Å². The topological polar surface area (TPSA) is 108 Å². The lowest BCUT2D eigenvalue weighted by molar-refractivity contribution is -0.114. The number of hydrazone groups is 1. The fourth-order valence-electron chi connectivity index (χ4n) is 3.32. The Hall–Kier alpha value is -2.69. The van der Waals surface area contributed by atoms with Crippen LogP contribution < -0.4 is 0 Å². The van der Waals surface area contributed by atoms with Crippen molar-refractivity contribution in [1.82, 2.24) is 9.58 Å². The first-order valence-electron chi connectivity index (χ1n) is 9.31. The highest BCUT2D eigenvalue weighted by Gasteiger charge is 2.39. The summed E-state index contributed by atoms with van der Waals surface area (Å²) in [5.74, 6) is -0.958. The molecule has 3 heterocycles. The van der Waals surface area contributed by atoms with E-state index >= 15 is 0 Å². The highest BCUT2D eigenvalue weighted by molar-refractivity contribution is 8.42. The second-order valence-electron chi connectivity index (χ2n) is 6.90. The van der Waals surface area contributed by atoms with Crippen molar-refractivity contribution in [3.8, 4) is 5.69 Å². The van der Waals surface area contributed by atoms with Crippen LogP contribution >= 0.6 is 23.4 Å². The van der Waals surface area contributed by atoms with E-state index in [2.05, 4.69) is 10.1 Å². The first kappa shape index (κ1) is 21.5. The maximum absolute atomic E-state index is 12.6. The molecule has 1 N–H and O–H groups in total. The van der Waals surface area contributed by atoms with Crippen LogP contribution in [0.1, 0.15) is 23.9 Å². The summed E-state index contributed by atoms with van der Waals surface area (Å²) in [5, 5.41) is 14.2. The van der Waals surface area contributed by atoms with E-state index in [0.717, 1.165) is 39.4 Å². The van der Waals surface area contributed by atoms with Crippen LogP contribution in [0.15, 0.2) is 46.0 Å². The van der Waals surface area contributed by atoms with Crippen molar-refractivity contribution in [3.63, 3.8) is 0 Å². The molecule has 1 aromatic heterocycles. The number of nitrogens with one attached hydrogen (secondary N) is 1. The molecule has 1 amide bonds. The van der Waals surface area contributed by atoms with Crippen LogP contribution in [-0.2, 0) is 14.6 Å². The van der Waals surface area contributed by atoms with Crippen molar-refractivity contribution in [2.75, 3.05) is 5.75 Å². The molecule has 160 valence electrons. The Balaban J connectivity index is 1.76. The Morgan fingerprint density at radius 2 is 1.97 bits per heavy atom. The molecule has 4 rings (SSSR count). The zero-order valence-electron chi connectivity index (χ0n) is 16.9. The smallest absolute Gasteiger partial charge is 0.283 e. The summed E-state index contributed by atoms with van der Waals surface area (Å²) in [6.07, 6.45) is 1.58. The van der Waals surface area contributed by atoms with Gasteiger partial charge in [0.25, 0.3) is 5.91 Å². The van der Waals surface area contributed by atoms with Crippen molar-refractivity contribution < 1.29 is 13.2 Å². The molecular formula is C20H18ClN5O3S2. The van der Waals surface area contributed by atoms with Gasteiger partial charge in [0.2, 0.25) is 19.4 Å². The van der Waals surface area contributed by atoms with Crippen molar-refractivity contribution in [1.29, 1.82) is 5.41 Å². The predicted octanol–water partition coefficient (Wildman–Crippen LogP) is 3.76. The molecule has 0 atom stereocenters. The fraction of sp³-hybridized carbons (Fsp3) is 0.200. The van der Waals surface area contributed by atoms with Gasteiger partial charge in [0.05, 0.1) is 22.0 Å². The first-order valence-corrected chi connectivity index (χ1v) is 12.2. The van der Waals surface area contributed by atoms with Gasteiger partial charge in [-0.1, -0.05) is 30.7 Å². The van der Waals surface area contributed by atoms with Crippen molar-refractivity contribution in [2.45, 2.75) is 20.8 Å². The molecule has 31 heavy (non-hydrogen) atoms. The quantitative estimate of drug-likeness (QED) is 0.680. The van der Waals surface area contributed by atoms with Crippen LogP contribution in [0.5, 0.6) is 0 Å². The highest BCUT2D eigenvalue weighted by atomic mass is 35.5. The van der Waals surface area contributed by atoms with Gasteiger partial charge in [-0.3, -0.25) is 10.2 Å². The Bertz CT molecular complexity index is 1340. The number of amidine groups is 2. The highest BCUT2D eigenvalue weighted by Crippen LogP contribution is 2.32. The van der Waals surface area contributed by atoms with Gasteiger partial charge in [0, 0.05) is 11.4 Å². The maximum atomic E-state index is 12.6. The number of amides is 1. The number of fused-ring (bicyclic) bond motifs is 1. The van der Waals surface area contributed by atoms with Gasteiger partial charge in [-0.15, -0.1) is 5.10 Å². The number of nitrogens with zero attached hydrogens (tertiary/aromatic N) is 4. The molecule has 2 aliphatic rings. The average molecular weight is 476 g/mol. The van der Waals surface area contributed by atoms with E-state index in [-0.39, 0.29) is 26.7 Å². The van der Waals surface area contributed by atoms with E-state index in [1.807, 2.05) is 42.7 Å². The van der Waals surface area contributed by atoms with Crippen molar-refractivity contribution in [2.24, 2.45) is 10.1 Å². The molecule has 0 bridgehead atoms. The molecule has 0 spiro atoms. The molecule has 0 aliphatic carbocycles. The molecule has 0 saturated carbocycles. The Morgan fingerprint density at radius 3 is 2.65 bits per heavy atom. The Labute approximate surface area is 188 Å². The number of aromatic nitrogens is 1. The molecule has 0 radical (unpaired) electrons. The summed E-state index contributed by atoms with van der Waals surface area (Å²) < 4.78 is 26.1. The predicted molar refractivity (Wildman–Crippen MR) is 125 cm³/mol. The standard InChI is InChI=1S/C20H18ClN5O3S2/c1-4-31(28,29)20-24-26-17(22)14(18(27)23-19(26)30-20)10-13-9-11(2)25(12(13)3)16-8-6-5-7-15(16)21/h5-10,22H,4H2,1-3H3/b14-10-,22-17?. The minimum absolute atomic E-state index is 0.0302. The largest absolute Gasteiger partial charge is 0.316 e. The lowest BCUT2D eigenvalue weighted by atomic mass is 10.1. The van der Waals surface area contributed by atoms with E-state index in [1.54, 1.807) is 12.1 Å². The monoisotopic (exact) mass is 475 g/mol. The molecule has 2 aliphatic heterocycles. The van der Waals surface area contributed by atoms with Gasteiger partial charge >= 0.3 is 0 Å². The third kappa shape index (κ3) is 3.64. The third-order valence-electron chi connectivity index (χ3n) is 4.95. The molecule has 2 aromatic rings.